The minimum Gasteiger partial charge on any atom is -0.466 e. The predicted octanol–water partition coefficient (Wildman–Crippen LogP) is 5.70. The summed E-state index contributed by atoms with van der Waals surface area (Å²) in [7, 11) is 1.24. The molecule has 2 rings (SSSR count). The monoisotopic (exact) mass is 468 g/mol. The van der Waals surface area contributed by atoms with Crippen LogP contribution in [0.4, 0.5) is 13.2 Å². The first kappa shape index (κ1) is 25.6. The molecule has 0 bridgehead atoms. The van der Waals surface area contributed by atoms with E-state index in [9.17, 15) is 27.9 Å². The quantitative estimate of drug-likeness (QED) is 0.342. The first-order valence-electron chi connectivity index (χ1n) is 9.68. The van der Waals surface area contributed by atoms with Crippen molar-refractivity contribution in [2.75, 3.05) is 7.11 Å². The molecule has 0 heterocycles. The molecule has 1 atom stereocenters. The molecule has 0 radical (unpaired) electrons. The third kappa shape index (κ3) is 5.58. The second-order valence-corrected chi connectivity index (χ2v) is 8.56. The highest BCUT2D eigenvalue weighted by Crippen LogP contribution is 2.45. The van der Waals surface area contributed by atoms with E-state index in [-0.39, 0.29) is 23.3 Å². The van der Waals surface area contributed by atoms with Crippen LogP contribution in [-0.4, -0.2) is 29.6 Å². The van der Waals surface area contributed by atoms with Gasteiger partial charge in [0.15, 0.2) is 5.78 Å². The minimum atomic E-state index is -4.62. The van der Waals surface area contributed by atoms with E-state index in [1.54, 1.807) is 20.8 Å². The van der Waals surface area contributed by atoms with Gasteiger partial charge in [0.1, 0.15) is 5.60 Å². The zero-order chi connectivity index (χ0) is 24.3. The molecule has 1 N–H and O–H groups in total. The minimum absolute atomic E-state index is 0.0509. The van der Waals surface area contributed by atoms with Gasteiger partial charge in [-0.1, -0.05) is 55.8 Å². The van der Waals surface area contributed by atoms with Gasteiger partial charge in [-0.25, -0.2) is 4.79 Å². The Morgan fingerprint density at radius 2 is 1.91 bits per heavy atom. The van der Waals surface area contributed by atoms with Gasteiger partial charge >= 0.3 is 12.1 Å². The smallest absolute Gasteiger partial charge is 0.417 e. The van der Waals surface area contributed by atoms with Crippen LogP contribution in [0, 0.1) is 5.41 Å². The number of methoxy groups -OCH3 is 1. The van der Waals surface area contributed by atoms with Crippen molar-refractivity contribution < 1.29 is 32.6 Å². The fourth-order valence-corrected chi connectivity index (χ4v) is 3.71. The van der Waals surface area contributed by atoms with Crippen molar-refractivity contribution >= 4 is 29.4 Å². The number of rotatable bonds is 5. The molecule has 1 aromatic rings. The maximum Gasteiger partial charge on any atom is 0.417 e. The van der Waals surface area contributed by atoms with E-state index in [2.05, 4.69) is 4.74 Å². The fraction of sp³-hybridized carbons (Fsp3) is 0.333. The first-order chi connectivity index (χ1) is 14.7. The van der Waals surface area contributed by atoms with E-state index >= 15 is 0 Å². The van der Waals surface area contributed by atoms with Crippen molar-refractivity contribution in [1.82, 2.24) is 0 Å². The van der Waals surface area contributed by atoms with Gasteiger partial charge in [-0.15, -0.1) is 0 Å². The molecule has 1 aromatic carbocycles. The van der Waals surface area contributed by atoms with Gasteiger partial charge in [0.2, 0.25) is 0 Å². The lowest BCUT2D eigenvalue weighted by atomic mass is 9.64. The maximum atomic E-state index is 13.1. The molecule has 1 aliphatic rings. The Bertz CT molecular complexity index is 1030. The number of halogens is 4. The molecule has 0 spiro atoms. The highest BCUT2D eigenvalue weighted by molar-refractivity contribution is 6.33. The van der Waals surface area contributed by atoms with Crippen molar-refractivity contribution in [2.24, 2.45) is 5.41 Å². The summed E-state index contributed by atoms with van der Waals surface area (Å²) in [5, 5.41) is 11.1. The largest absolute Gasteiger partial charge is 0.466 e. The van der Waals surface area contributed by atoms with E-state index < -0.39 is 33.7 Å². The van der Waals surface area contributed by atoms with Crippen LogP contribution in [0.2, 0.25) is 5.02 Å². The Balaban J connectivity index is 2.51. The van der Waals surface area contributed by atoms with Gasteiger partial charge in [-0.05, 0) is 41.9 Å². The van der Waals surface area contributed by atoms with Crippen LogP contribution in [0.5, 0.6) is 0 Å². The summed E-state index contributed by atoms with van der Waals surface area (Å²) in [6.45, 7) is 5.04. The van der Waals surface area contributed by atoms with Gasteiger partial charge in [-0.2, -0.15) is 13.2 Å². The standard InChI is InChI=1S/C24H24ClF3O4/c1-15(12-20(30)32-4)10-11-23(31)17(13-18(29)14-22(23,2)3)9-8-16-6-5-7-19(21(16)25)24(26,27)28/h5-13,31H,14H2,1-4H3/b9-8+,11-10+,15-12-/t23-/m1/s1. The third-order valence-electron chi connectivity index (χ3n) is 5.32. The first-order valence-corrected chi connectivity index (χ1v) is 10.1. The van der Waals surface area contributed by atoms with Crippen LogP contribution in [-0.2, 0) is 20.5 Å². The molecule has 0 aliphatic heterocycles. The summed E-state index contributed by atoms with van der Waals surface area (Å²) >= 11 is 5.95. The fourth-order valence-electron chi connectivity index (χ4n) is 3.41. The second kappa shape index (κ2) is 9.46. The van der Waals surface area contributed by atoms with Crippen molar-refractivity contribution in [2.45, 2.75) is 39.0 Å². The number of ether oxygens (including phenoxy) is 1. The van der Waals surface area contributed by atoms with Crippen molar-refractivity contribution in [3.05, 3.63) is 75.9 Å². The number of ketones is 1. The van der Waals surface area contributed by atoms with Crippen LogP contribution in [0.15, 0.2) is 59.7 Å². The maximum absolute atomic E-state index is 13.1. The highest BCUT2D eigenvalue weighted by atomic mass is 35.5. The van der Waals surface area contributed by atoms with E-state index in [0.717, 1.165) is 6.07 Å². The molecule has 4 nitrogen and oxygen atoms in total. The number of carbonyl (C=O) groups excluding carboxylic acids is 2. The number of allylic oxidation sites excluding steroid dienone is 3. The Hall–Kier alpha value is -2.64. The molecule has 0 saturated heterocycles. The molecule has 32 heavy (non-hydrogen) atoms. The van der Waals surface area contributed by atoms with Crippen LogP contribution < -0.4 is 0 Å². The predicted molar refractivity (Wildman–Crippen MR) is 117 cm³/mol. The number of esters is 1. The van der Waals surface area contributed by atoms with Gasteiger partial charge in [-0.3, -0.25) is 4.79 Å². The van der Waals surface area contributed by atoms with Gasteiger partial charge in [0.05, 0.1) is 17.7 Å². The summed E-state index contributed by atoms with van der Waals surface area (Å²) in [5.74, 6) is -0.795. The Labute approximate surface area is 189 Å². The Morgan fingerprint density at radius 3 is 2.50 bits per heavy atom. The van der Waals surface area contributed by atoms with E-state index in [4.69, 9.17) is 11.6 Å². The molecular weight excluding hydrogens is 445 g/mol. The number of aliphatic hydroxyl groups is 1. The highest BCUT2D eigenvalue weighted by Gasteiger charge is 2.47. The van der Waals surface area contributed by atoms with Crippen LogP contribution in [0.25, 0.3) is 6.08 Å². The average Bonchev–Trinajstić information content (AvgIpc) is 2.67. The summed E-state index contributed by atoms with van der Waals surface area (Å²) in [4.78, 5) is 23.7. The number of benzene rings is 1. The van der Waals surface area contributed by atoms with Crippen LogP contribution >= 0.6 is 11.6 Å². The van der Waals surface area contributed by atoms with Gasteiger partial charge in [0.25, 0.3) is 0 Å². The van der Waals surface area contributed by atoms with Crippen molar-refractivity contribution in [3.8, 4) is 0 Å². The average molecular weight is 469 g/mol. The summed E-state index contributed by atoms with van der Waals surface area (Å²) in [5.41, 5.74) is -2.77. The molecule has 1 aliphatic carbocycles. The molecule has 0 saturated carbocycles. The summed E-state index contributed by atoms with van der Waals surface area (Å²) in [6.07, 6.45) is 3.62. The lowest BCUT2D eigenvalue weighted by Gasteiger charge is -2.44. The number of alkyl halides is 3. The van der Waals surface area contributed by atoms with Crippen molar-refractivity contribution in [3.63, 3.8) is 0 Å². The molecule has 172 valence electrons. The molecular formula is C24H24ClF3O4. The SMILES string of the molecule is COC(=O)/C=C(C)\C=C\[C@@]1(O)C(/C=C/c2cccc(C(F)(F)F)c2Cl)=CC(=O)CC1(C)C. The van der Waals surface area contributed by atoms with Gasteiger partial charge < -0.3 is 9.84 Å². The summed E-state index contributed by atoms with van der Waals surface area (Å²) in [6, 6.07) is 3.51. The summed E-state index contributed by atoms with van der Waals surface area (Å²) < 4.78 is 44.0. The van der Waals surface area contributed by atoms with Crippen LogP contribution in [0.1, 0.15) is 38.3 Å². The Morgan fingerprint density at radius 1 is 1.25 bits per heavy atom. The van der Waals surface area contributed by atoms with E-state index in [1.165, 1.54) is 55.7 Å². The number of carbonyl (C=O) groups is 2. The Kier molecular flexibility index (Phi) is 7.58. The zero-order valence-corrected chi connectivity index (χ0v) is 18.8. The van der Waals surface area contributed by atoms with Gasteiger partial charge in [0, 0.05) is 17.9 Å². The molecule has 0 amide bonds. The molecule has 0 aromatic heterocycles. The zero-order valence-electron chi connectivity index (χ0n) is 18.1. The third-order valence-corrected chi connectivity index (χ3v) is 5.74. The van der Waals surface area contributed by atoms with E-state index in [0.29, 0.717) is 5.57 Å². The lowest BCUT2D eigenvalue weighted by Crippen LogP contribution is -2.48. The van der Waals surface area contributed by atoms with Crippen LogP contribution in [0.3, 0.4) is 0 Å². The van der Waals surface area contributed by atoms with E-state index in [1.807, 2.05) is 0 Å². The van der Waals surface area contributed by atoms with Crippen molar-refractivity contribution in [1.29, 1.82) is 0 Å². The number of hydrogen-bond donors (Lipinski definition) is 1. The molecule has 8 heteroatoms. The normalized spacial score (nSPS) is 21.8. The second-order valence-electron chi connectivity index (χ2n) is 8.18. The number of hydrogen-bond acceptors (Lipinski definition) is 4. The topological polar surface area (TPSA) is 63.6 Å². The molecule has 0 unspecified atom stereocenters. The lowest BCUT2D eigenvalue weighted by molar-refractivity contribution is -0.137. The molecule has 0 fully saturated rings.